The van der Waals surface area contributed by atoms with Crippen LogP contribution in [-0.2, 0) is 0 Å². The second-order valence-corrected chi connectivity index (χ2v) is 4.48. The van der Waals surface area contributed by atoms with Crippen LogP contribution >= 0.6 is 0 Å². The summed E-state index contributed by atoms with van der Waals surface area (Å²) in [5.41, 5.74) is 0.527. The number of ketones is 1. The normalized spacial score (nSPS) is 10.3. The Morgan fingerprint density at radius 2 is 1.57 bits per heavy atom. The lowest BCUT2D eigenvalue weighted by molar-refractivity contribution is 0.103. The summed E-state index contributed by atoms with van der Waals surface area (Å²) in [4.78, 5) is 12.4. The van der Waals surface area contributed by atoms with Crippen LogP contribution in [-0.4, -0.2) is 20.0 Å². The summed E-state index contributed by atoms with van der Waals surface area (Å²) in [5, 5.41) is 0. The number of halogens is 2. The van der Waals surface area contributed by atoms with Gasteiger partial charge in [0, 0.05) is 11.6 Å². The lowest BCUT2D eigenvalue weighted by Crippen LogP contribution is -2.07. The van der Waals surface area contributed by atoms with E-state index in [1.807, 2.05) is 0 Å². The van der Waals surface area contributed by atoms with Crippen LogP contribution in [0.3, 0.4) is 0 Å². The minimum atomic E-state index is -0.721. The molecule has 0 bridgehead atoms. The number of hydrogen-bond acceptors (Lipinski definition) is 3. The molecule has 2 aromatic carbocycles. The van der Waals surface area contributed by atoms with Gasteiger partial charge >= 0.3 is 0 Å². The Bertz CT molecular complexity index is 696. The molecule has 0 fully saturated rings. The number of hydrogen-bond donors (Lipinski definition) is 0. The number of methoxy groups -OCH3 is 2. The number of carbonyl (C=O) groups is 1. The van der Waals surface area contributed by atoms with Gasteiger partial charge in [0.05, 0.1) is 19.8 Å². The molecule has 0 saturated heterocycles. The summed E-state index contributed by atoms with van der Waals surface area (Å²) in [7, 11) is 2.77. The predicted molar refractivity (Wildman–Crippen MR) is 74.1 cm³/mol. The number of rotatable bonds is 4. The average Bonchev–Trinajstić information content (AvgIpc) is 2.46. The third-order valence-electron chi connectivity index (χ3n) is 3.15. The first kappa shape index (κ1) is 15.0. The van der Waals surface area contributed by atoms with E-state index in [9.17, 15) is 13.6 Å². The van der Waals surface area contributed by atoms with Crippen molar-refractivity contribution in [3.8, 4) is 11.5 Å². The Balaban J connectivity index is 2.53. The zero-order valence-electron chi connectivity index (χ0n) is 11.9. The van der Waals surface area contributed by atoms with E-state index in [0.29, 0.717) is 5.56 Å². The molecule has 0 radical (unpaired) electrons. The molecule has 0 unspecified atom stereocenters. The minimum Gasteiger partial charge on any atom is -0.493 e. The molecular formula is C16H14F2O3. The highest BCUT2D eigenvalue weighted by atomic mass is 19.1. The summed E-state index contributed by atoms with van der Waals surface area (Å²) < 4.78 is 37.2. The molecule has 21 heavy (non-hydrogen) atoms. The monoisotopic (exact) mass is 292 g/mol. The van der Waals surface area contributed by atoms with Crippen LogP contribution in [0.25, 0.3) is 0 Å². The van der Waals surface area contributed by atoms with E-state index in [-0.39, 0.29) is 22.6 Å². The molecule has 110 valence electrons. The van der Waals surface area contributed by atoms with E-state index in [1.165, 1.54) is 38.5 Å². The zero-order valence-corrected chi connectivity index (χ0v) is 11.9. The highest BCUT2D eigenvalue weighted by Crippen LogP contribution is 2.31. The molecule has 0 aliphatic rings. The van der Waals surface area contributed by atoms with Crippen molar-refractivity contribution in [1.82, 2.24) is 0 Å². The standard InChI is InChI=1S/C16H14F2O3/c1-9-6-10(17)4-5-11(9)16(19)12-7-14(20-2)15(21-3)8-13(12)18/h4-8H,1-3H3. The van der Waals surface area contributed by atoms with Gasteiger partial charge in [-0.05, 0) is 36.8 Å². The van der Waals surface area contributed by atoms with Gasteiger partial charge in [0.2, 0.25) is 0 Å². The van der Waals surface area contributed by atoms with E-state index < -0.39 is 17.4 Å². The fourth-order valence-electron chi connectivity index (χ4n) is 2.06. The van der Waals surface area contributed by atoms with E-state index in [0.717, 1.165) is 6.07 Å². The van der Waals surface area contributed by atoms with Gasteiger partial charge in [0.25, 0.3) is 0 Å². The van der Waals surface area contributed by atoms with Crippen LogP contribution in [0.5, 0.6) is 11.5 Å². The van der Waals surface area contributed by atoms with Gasteiger partial charge in [-0.15, -0.1) is 0 Å². The fraction of sp³-hybridized carbons (Fsp3) is 0.188. The van der Waals surface area contributed by atoms with Gasteiger partial charge in [-0.2, -0.15) is 0 Å². The highest BCUT2D eigenvalue weighted by Gasteiger charge is 2.20. The first-order valence-corrected chi connectivity index (χ1v) is 6.20. The van der Waals surface area contributed by atoms with Crippen LogP contribution < -0.4 is 9.47 Å². The van der Waals surface area contributed by atoms with Crippen LogP contribution in [0, 0.1) is 18.6 Å². The van der Waals surface area contributed by atoms with Crippen molar-refractivity contribution in [3.63, 3.8) is 0 Å². The van der Waals surface area contributed by atoms with Crippen LogP contribution in [0.1, 0.15) is 21.5 Å². The van der Waals surface area contributed by atoms with Gasteiger partial charge in [-0.1, -0.05) is 0 Å². The van der Waals surface area contributed by atoms with Crippen molar-refractivity contribution in [1.29, 1.82) is 0 Å². The van der Waals surface area contributed by atoms with Crippen molar-refractivity contribution in [3.05, 3.63) is 58.7 Å². The Labute approximate surface area is 121 Å². The molecule has 0 heterocycles. The maximum Gasteiger partial charge on any atom is 0.196 e. The van der Waals surface area contributed by atoms with E-state index in [2.05, 4.69) is 0 Å². The summed E-state index contributed by atoms with van der Waals surface area (Å²) >= 11 is 0. The minimum absolute atomic E-state index is 0.151. The third kappa shape index (κ3) is 2.86. The molecule has 0 N–H and O–H groups in total. The largest absolute Gasteiger partial charge is 0.493 e. The van der Waals surface area contributed by atoms with Crippen LogP contribution in [0.15, 0.2) is 30.3 Å². The first-order chi connectivity index (χ1) is 9.97. The smallest absolute Gasteiger partial charge is 0.196 e. The Morgan fingerprint density at radius 1 is 0.952 bits per heavy atom. The predicted octanol–water partition coefficient (Wildman–Crippen LogP) is 3.52. The number of carbonyl (C=O) groups excluding carboxylic acids is 1. The van der Waals surface area contributed by atoms with Crippen molar-refractivity contribution in [2.24, 2.45) is 0 Å². The quantitative estimate of drug-likeness (QED) is 0.809. The van der Waals surface area contributed by atoms with Gasteiger partial charge in [0.1, 0.15) is 11.6 Å². The molecule has 0 spiro atoms. The van der Waals surface area contributed by atoms with E-state index >= 15 is 0 Å². The molecule has 0 saturated carbocycles. The molecule has 2 rings (SSSR count). The molecule has 0 aliphatic carbocycles. The molecule has 0 atom stereocenters. The highest BCUT2D eigenvalue weighted by molar-refractivity contribution is 6.10. The molecule has 0 amide bonds. The number of benzene rings is 2. The SMILES string of the molecule is COc1cc(F)c(C(=O)c2ccc(F)cc2C)cc1OC. The molecule has 2 aromatic rings. The molecular weight excluding hydrogens is 278 g/mol. The van der Waals surface area contributed by atoms with Crippen LogP contribution in [0.2, 0.25) is 0 Å². The van der Waals surface area contributed by atoms with Crippen molar-refractivity contribution in [2.75, 3.05) is 14.2 Å². The Hall–Kier alpha value is -2.43. The lowest BCUT2D eigenvalue weighted by Gasteiger charge is -2.11. The number of ether oxygens (including phenoxy) is 2. The van der Waals surface area contributed by atoms with Gasteiger partial charge in [0.15, 0.2) is 17.3 Å². The van der Waals surface area contributed by atoms with Crippen molar-refractivity contribution in [2.45, 2.75) is 6.92 Å². The van der Waals surface area contributed by atoms with Gasteiger partial charge in [-0.25, -0.2) is 8.78 Å². The topological polar surface area (TPSA) is 35.5 Å². The van der Waals surface area contributed by atoms with Gasteiger partial charge < -0.3 is 9.47 Å². The zero-order chi connectivity index (χ0) is 15.6. The Morgan fingerprint density at radius 3 is 2.14 bits per heavy atom. The second-order valence-electron chi connectivity index (χ2n) is 4.48. The molecule has 3 nitrogen and oxygen atoms in total. The first-order valence-electron chi connectivity index (χ1n) is 6.20. The van der Waals surface area contributed by atoms with E-state index in [4.69, 9.17) is 9.47 Å². The average molecular weight is 292 g/mol. The maximum atomic E-state index is 14.1. The summed E-state index contributed by atoms with van der Waals surface area (Å²) in [6.07, 6.45) is 0. The summed E-state index contributed by atoms with van der Waals surface area (Å²) in [6.45, 7) is 1.59. The van der Waals surface area contributed by atoms with Crippen molar-refractivity contribution < 1.29 is 23.0 Å². The van der Waals surface area contributed by atoms with E-state index in [1.54, 1.807) is 6.92 Å². The maximum absolute atomic E-state index is 14.1. The molecule has 5 heteroatoms. The summed E-state index contributed by atoms with van der Waals surface area (Å²) in [5.74, 6) is -1.26. The third-order valence-corrected chi connectivity index (χ3v) is 3.15. The van der Waals surface area contributed by atoms with Gasteiger partial charge in [-0.3, -0.25) is 4.79 Å². The number of aryl methyl sites for hydroxylation is 1. The fourth-order valence-corrected chi connectivity index (χ4v) is 2.06. The summed E-state index contributed by atoms with van der Waals surface area (Å²) in [6, 6.07) is 6.10. The van der Waals surface area contributed by atoms with Crippen LogP contribution in [0.4, 0.5) is 8.78 Å². The van der Waals surface area contributed by atoms with Crippen molar-refractivity contribution >= 4 is 5.78 Å². The second kappa shape index (κ2) is 5.91. The Kier molecular flexibility index (Phi) is 4.21. The molecule has 0 aromatic heterocycles. The lowest BCUT2D eigenvalue weighted by atomic mass is 9.98. The molecule has 0 aliphatic heterocycles.